The fourth-order valence-electron chi connectivity index (χ4n) is 1.08. The summed E-state index contributed by atoms with van der Waals surface area (Å²) >= 11 is 0. The van der Waals surface area contributed by atoms with Gasteiger partial charge in [0.15, 0.2) is 0 Å². The van der Waals surface area contributed by atoms with E-state index in [2.05, 4.69) is 0 Å². The van der Waals surface area contributed by atoms with E-state index in [-0.39, 0.29) is 42.4 Å². The first-order chi connectivity index (χ1) is 6.13. The summed E-state index contributed by atoms with van der Waals surface area (Å²) in [7, 11) is 0. The van der Waals surface area contributed by atoms with Crippen LogP contribution in [0.1, 0.15) is 44.9 Å². The van der Waals surface area contributed by atoms with Gasteiger partial charge in [0.1, 0.15) is 0 Å². The number of rotatable bonds is 8. The Hall–Kier alpha value is -0.0600. The molecular weight excluding hydrogens is 195 g/mol. The van der Waals surface area contributed by atoms with Gasteiger partial charge in [-0.1, -0.05) is 19.3 Å². The van der Waals surface area contributed by atoms with Crippen molar-refractivity contribution in [3.8, 4) is 0 Å². The van der Waals surface area contributed by atoms with E-state index in [4.69, 9.17) is 10.2 Å². The van der Waals surface area contributed by atoms with Gasteiger partial charge >= 0.3 is 11.9 Å². The van der Waals surface area contributed by atoms with Crippen molar-refractivity contribution in [3.63, 3.8) is 0 Å². The van der Waals surface area contributed by atoms with Gasteiger partial charge in [-0.2, -0.15) is 0 Å². The summed E-state index contributed by atoms with van der Waals surface area (Å²) in [5.74, 6) is -1.52. The predicted octanol–water partition coefficient (Wildman–Crippen LogP) is 1.51. The van der Waals surface area contributed by atoms with Crippen LogP contribution in [0.2, 0.25) is 0 Å². The third kappa shape index (κ3) is 14.5. The van der Waals surface area contributed by atoms with E-state index in [0.29, 0.717) is 12.8 Å². The van der Waals surface area contributed by atoms with Crippen LogP contribution in [-0.4, -0.2) is 51.7 Å². The third-order valence-electron chi connectivity index (χ3n) is 1.78. The van der Waals surface area contributed by atoms with Gasteiger partial charge in [0.2, 0.25) is 0 Å². The topological polar surface area (TPSA) is 74.6 Å². The standard InChI is InChI=1S/C9H16O4.Na/c10-8(11)6-4-2-1-3-5-7-9(12)13;/h1-7H2,(H,10,11)(H,12,13);. The van der Waals surface area contributed by atoms with Gasteiger partial charge in [0.25, 0.3) is 0 Å². The number of carboxylic acids is 2. The van der Waals surface area contributed by atoms with Gasteiger partial charge in [0, 0.05) is 42.4 Å². The Morgan fingerprint density at radius 1 is 0.714 bits per heavy atom. The van der Waals surface area contributed by atoms with E-state index in [1.54, 1.807) is 0 Å². The molecule has 0 saturated heterocycles. The van der Waals surface area contributed by atoms with Crippen LogP contribution in [0.15, 0.2) is 0 Å². The SMILES string of the molecule is O=C(O)CCCCCCCC(=O)O.[Na]. The minimum atomic E-state index is -0.759. The number of hydrogen-bond acceptors (Lipinski definition) is 2. The maximum atomic E-state index is 10.1. The first kappa shape index (κ1) is 16.4. The summed E-state index contributed by atoms with van der Waals surface area (Å²) < 4.78 is 0. The molecule has 14 heavy (non-hydrogen) atoms. The molecule has 0 atom stereocenters. The van der Waals surface area contributed by atoms with Crippen molar-refractivity contribution in [3.05, 3.63) is 0 Å². The molecule has 0 bridgehead atoms. The summed E-state index contributed by atoms with van der Waals surface area (Å²) in [6.07, 6.45) is 4.53. The van der Waals surface area contributed by atoms with E-state index in [9.17, 15) is 9.59 Å². The number of aliphatic carboxylic acids is 2. The predicted molar refractivity (Wildman–Crippen MR) is 53.3 cm³/mol. The van der Waals surface area contributed by atoms with Crippen LogP contribution in [0, 0.1) is 0 Å². The van der Waals surface area contributed by atoms with E-state index >= 15 is 0 Å². The van der Waals surface area contributed by atoms with Crippen molar-refractivity contribution in [2.45, 2.75) is 44.9 Å². The average molecular weight is 211 g/mol. The van der Waals surface area contributed by atoms with Crippen LogP contribution in [-0.2, 0) is 9.59 Å². The quantitative estimate of drug-likeness (QED) is 0.471. The van der Waals surface area contributed by atoms with E-state index in [1.807, 2.05) is 0 Å². The largest absolute Gasteiger partial charge is 0.481 e. The van der Waals surface area contributed by atoms with Crippen molar-refractivity contribution in [2.75, 3.05) is 0 Å². The minimum absolute atomic E-state index is 0. The Morgan fingerprint density at radius 3 is 1.29 bits per heavy atom. The van der Waals surface area contributed by atoms with Crippen LogP contribution >= 0.6 is 0 Å². The Morgan fingerprint density at radius 2 is 1.00 bits per heavy atom. The van der Waals surface area contributed by atoms with Gasteiger partial charge in [-0.05, 0) is 12.8 Å². The van der Waals surface area contributed by atoms with Gasteiger partial charge in [-0.15, -0.1) is 0 Å². The summed E-state index contributed by atoms with van der Waals surface area (Å²) in [5.41, 5.74) is 0. The second-order valence-electron chi connectivity index (χ2n) is 3.06. The van der Waals surface area contributed by atoms with Crippen molar-refractivity contribution in [1.82, 2.24) is 0 Å². The van der Waals surface area contributed by atoms with Crippen LogP contribution in [0.5, 0.6) is 0 Å². The molecule has 0 aromatic carbocycles. The zero-order chi connectivity index (χ0) is 10.1. The van der Waals surface area contributed by atoms with Crippen molar-refractivity contribution >= 4 is 41.5 Å². The zero-order valence-electron chi connectivity index (χ0n) is 8.66. The molecule has 0 fully saturated rings. The molecule has 0 aliphatic carbocycles. The molecule has 0 amide bonds. The monoisotopic (exact) mass is 211 g/mol. The maximum absolute atomic E-state index is 10.1. The molecule has 0 aliphatic rings. The molecule has 0 heterocycles. The molecule has 0 aliphatic heterocycles. The molecule has 1 radical (unpaired) electrons. The molecule has 0 rings (SSSR count). The van der Waals surface area contributed by atoms with Gasteiger partial charge in [-0.3, -0.25) is 9.59 Å². The van der Waals surface area contributed by atoms with E-state index < -0.39 is 11.9 Å². The second kappa shape index (κ2) is 11.0. The van der Waals surface area contributed by atoms with Crippen LogP contribution in [0.25, 0.3) is 0 Å². The molecule has 0 spiro atoms. The molecular formula is C9H16NaO4. The fourth-order valence-corrected chi connectivity index (χ4v) is 1.08. The van der Waals surface area contributed by atoms with E-state index in [0.717, 1.165) is 19.3 Å². The van der Waals surface area contributed by atoms with Crippen LogP contribution < -0.4 is 0 Å². The van der Waals surface area contributed by atoms with Crippen molar-refractivity contribution in [2.24, 2.45) is 0 Å². The first-order valence-corrected chi connectivity index (χ1v) is 4.56. The van der Waals surface area contributed by atoms with Crippen LogP contribution in [0.3, 0.4) is 0 Å². The Kier molecular flexibility index (Phi) is 12.9. The molecule has 0 aromatic rings. The summed E-state index contributed by atoms with van der Waals surface area (Å²) in [4.78, 5) is 20.2. The molecule has 0 unspecified atom stereocenters. The minimum Gasteiger partial charge on any atom is -0.481 e. The number of carbonyl (C=O) groups is 2. The normalized spacial score (nSPS) is 9.14. The van der Waals surface area contributed by atoms with E-state index in [1.165, 1.54) is 0 Å². The maximum Gasteiger partial charge on any atom is 0.303 e. The third-order valence-corrected chi connectivity index (χ3v) is 1.78. The number of carboxylic acid groups (broad SMARTS) is 2. The average Bonchev–Trinajstić information content (AvgIpc) is 2.01. The van der Waals surface area contributed by atoms with Gasteiger partial charge < -0.3 is 10.2 Å². The molecule has 2 N–H and O–H groups in total. The molecule has 5 heteroatoms. The molecule has 0 saturated carbocycles. The number of hydrogen-bond donors (Lipinski definition) is 2. The zero-order valence-corrected chi connectivity index (χ0v) is 10.7. The Labute approximate surface area is 106 Å². The second-order valence-corrected chi connectivity index (χ2v) is 3.06. The van der Waals surface area contributed by atoms with Crippen LogP contribution in [0.4, 0.5) is 0 Å². The Bertz CT molecular complexity index is 152. The smallest absolute Gasteiger partial charge is 0.303 e. The summed E-state index contributed by atoms with van der Waals surface area (Å²) in [6, 6.07) is 0. The van der Waals surface area contributed by atoms with Crippen molar-refractivity contribution < 1.29 is 19.8 Å². The molecule has 4 nitrogen and oxygen atoms in total. The van der Waals surface area contributed by atoms with Gasteiger partial charge in [-0.25, -0.2) is 0 Å². The first-order valence-electron chi connectivity index (χ1n) is 4.56. The van der Waals surface area contributed by atoms with Crippen molar-refractivity contribution in [1.29, 1.82) is 0 Å². The molecule has 77 valence electrons. The fraction of sp³-hybridized carbons (Fsp3) is 0.778. The molecule has 0 aromatic heterocycles. The summed E-state index contributed by atoms with van der Waals surface area (Å²) in [6.45, 7) is 0. The Balaban J connectivity index is 0. The summed E-state index contributed by atoms with van der Waals surface area (Å²) in [5, 5.41) is 16.6. The van der Waals surface area contributed by atoms with Gasteiger partial charge in [0.05, 0.1) is 0 Å². The number of unbranched alkanes of at least 4 members (excludes halogenated alkanes) is 4.